The van der Waals surface area contributed by atoms with Gasteiger partial charge in [-0.25, -0.2) is 17.8 Å². The Hall–Kier alpha value is -2.01. The molecule has 0 unspecified atom stereocenters. The molecule has 0 aliphatic carbocycles. The topological polar surface area (TPSA) is 73.8 Å². The number of thioether (sulfide) groups is 1. The fourth-order valence-corrected chi connectivity index (χ4v) is 5.21. The molecule has 2 aromatic rings. The normalized spacial score (nSPS) is 15.8. The minimum Gasteiger partial charge on any atom is -0.312 e. The van der Waals surface area contributed by atoms with E-state index in [2.05, 4.69) is 9.88 Å². The van der Waals surface area contributed by atoms with Gasteiger partial charge in [0.25, 0.3) is 0 Å². The number of anilines is 1. The molecule has 0 radical (unpaired) electrons. The first-order chi connectivity index (χ1) is 14.3. The number of carbonyl (C=O) groups excluding carboxylic acids is 1. The average molecular weight is 453 g/mol. The van der Waals surface area contributed by atoms with E-state index in [9.17, 15) is 17.6 Å². The van der Waals surface area contributed by atoms with Crippen molar-refractivity contribution in [3.05, 3.63) is 48.4 Å². The van der Waals surface area contributed by atoms with E-state index in [1.165, 1.54) is 40.5 Å². The molecule has 0 atom stereocenters. The lowest BCUT2D eigenvalue weighted by atomic mass is 10.3. The Morgan fingerprint density at radius 2 is 1.80 bits per heavy atom. The Balaban J connectivity index is 1.61. The van der Waals surface area contributed by atoms with Gasteiger partial charge in [-0.3, -0.25) is 4.79 Å². The summed E-state index contributed by atoms with van der Waals surface area (Å²) in [6.07, 6.45) is 1.35. The first-order valence-corrected chi connectivity index (χ1v) is 12.1. The second-order valence-electron chi connectivity index (χ2n) is 6.94. The summed E-state index contributed by atoms with van der Waals surface area (Å²) in [7, 11) is -1.59. The zero-order valence-corrected chi connectivity index (χ0v) is 18.6. The molecule has 1 amide bonds. The summed E-state index contributed by atoms with van der Waals surface area (Å²) >= 11 is 1.23. The number of sulfonamides is 1. The Morgan fingerprint density at radius 3 is 2.37 bits per heavy atom. The third-order valence-electron chi connectivity index (χ3n) is 4.91. The molecule has 1 fully saturated rings. The van der Waals surface area contributed by atoms with Crippen LogP contribution in [-0.2, 0) is 14.8 Å². The molecule has 1 aliphatic heterocycles. The Bertz CT molecular complexity index is 961. The highest BCUT2D eigenvalue weighted by molar-refractivity contribution is 7.99. The van der Waals surface area contributed by atoms with Crippen molar-refractivity contribution in [1.82, 2.24) is 14.2 Å². The summed E-state index contributed by atoms with van der Waals surface area (Å²) in [5.74, 6) is -0.347. The van der Waals surface area contributed by atoms with Gasteiger partial charge in [0.15, 0.2) is 0 Å². The van der Waals surface area contributed by atoms with Crippen molar-refractivity contribution in [2.75, 3.05) is 50.4 Å². The summed E-state index contributed by atoms with van der Waals surface area (Å²) in [5, 5.41) is 0.566. The Morgan fingerprint density at radius 1 is 1.13 bits per heavy atom. The molecule has 3 rings (SSSR count). The van der Waals surface area contributed by atoms with Crippen LogP contribution >= 0.6 is 11.8 Å². The van der Waals surface area contributed by atoms with Crippen LogP contribution in [0.2, 0.25) is 0 Å². The van der Waals surface area contributed by atoms with Gasteiger partial charge in [-0.1, -0.05) is 11.8 Å². The van der Waals surface area contributed by atoms with E-state index in [0.29, 0.717) is 43.4 Å². The molecular formula is C20H25FN4O3S2. The quantitative estimate of drug-likeness (QED) is 0.601. The number of benzene rings is 1. The van der Waals surface area contributed by atoms with E-state index < -0.39 is 10.0 Å². The number of pyridine rings is 1. The first kappa shape index (κ1) is 22.7. The van der Waals surface area contributed by atoms with Crippen LogP contribution in [-0.4, -0.2) is 74.0 Å². The van der Waals surface area contributed by atoms with E-state index in [1.54, 1.807) is 23.1 Å². The number of nitrogens with zero attached hydrogens (tertiary/aromatic N) is 4. The molecule has 0 N–H and O–H groups in total. The number of piperazine rings is 1. The molecule has 0 saturated carbocycles. The average Bonchev–Trinajstić information content (AvgIpc) is 2.75. The second-order valence-corrected chi connectivity index (χ2v) is 9.88. The lowest BCUT2D eigenvalue weighted by Crippen LogP contribution is -2.47. The smallest absolute Gasteiger partial charge is 0.244 e. The molecule has 2 heterocycles. The van der Waals surface area contributed by atoms with Crippen molar-refractivity contribution in [3.63, 3.8) is 0 Å². The van der Waals surface area contributed by atoms with E-state index in [1.807, 2.05) is 14.0 Å². The van der Waals surface area contributed by atoms with E-state index in [-0.39, 0.29) is 22.4 Å². The summed E-state index contributed by atoms with van der Waals surface area (Å²) in [6, 6.07) is 8.93. The third kappa shape index (κ3) is 5.37. The molecule has 1 saturated heterocycles. The van der Waals surface area contributed by atoms with Gasteiger partial charge < -0.3 is 9.80 Å². The molecule has 1 aromatic heterocycles. The molecule has 162 valence electrons. The standard InChI is InChI=1S/C20H25FN4O3S2/c1-3-25(17-6-4-16(21)5-7-17)20(26)15-29-19-9-8-18(14-22-19)30(27,28)24-12-10-23(2)11-13-24/h4-9,14H,3,10-13,15H2,1-2H3. The van der Waals surface area contributed by atoms with Crippen LogP contribution in [0.5, 0.6) is 0 Å². The van der Waals surface area contributed by atoms with E-state index in [4.69, 9.17) is 0 Å². The summed E-state index contributed by atoms with van der Waals surface area (Å²) < 4.78 is 40.1. The lowest BCUT2D eigenvalue weighted by Gasteiger charge is -2.31. The highest BCUT2D eigenvalue weighted by Gasteiger charge is 2.27. The number of halogens is 1. The fraction of sp³-hybridized carbons (Fsp3) is 0.400. The van der Waals surface area contributed by atoms with Crippen LogP contribution in [0.3, 0.4) is 0 Å². The van der Waals surface area contributed by atoms with Gasteiger partial charge in [0.05, 0.1) is 10.8 Å². The molecule has 0 spiro atoms. The van der Waals surface area contributed by atoms with Crippen molar-refractivity contribution in [3.8, 4) is 0 Å². The van der Waals surface area contributed by atoms with Gasteiger partial charge in [0.1, 0.15) is 10.7 Å². The number of amides is 1. The molecule has 0 bridgehead atoms. The van der Waals surface area contributed by atoms with Crippen LogP contribution in [0.4, 0.5) is 10.1 Å². The van der Waals surface area contributed by atoms with Gasteiger partial charge in [-0.2, -0.15) is 4.31 Å². The summed E-state index contributed by atoms with van der Waals surface area (Å²) in [4.78, 5) is 20.6. The van der Waals surface area contributed by atoms with Crippen molar-refractivity contribution >= 4 is 33.4 Å². The number of aromatic nitrogens is 1. The van der Waals surface area contributed by atoms with Crippen molar-refractivity contribution in [2.24, 2.45) is 0 Å². The first-order valence-electron chi connectivity index (χ1n) is 9.64. The second kappa shape index (κ2) is 9.86. The zero-order chi connectivity index (χ0) is 21.7. The number of hydrogen-bond acceptors (Lipinski definition) is 6. The predicted octanol–water partition coefficient (Wildman–Crippen LogP) is 2.30. The number of hydrogen-bond donors (Lipinski definition) is 0. The highest BCUT2D eigenvalue weighted by atomic mass is 32.2. The zero-order valence-electron chi connectivity index (χ0n) is 17.0. The molecule has 30 heavy (non-hydrogen) atoms. The maximum absolute atomic E-state index is 13.1. The molecular weight excluding hydrogens is 427 g/mol. The molecule has 1 aromatic carbocycles. The minimum atomic E-state index is -3.56. The number of carbonyl (C=O) groups is 1. The fourth-order valence-electron chi connectivity index (χ4n) is 3.12. The van der Waals surface area contributed by atoms with Crippen LogP contribution in [0.1, 0.15) is 6.92 Å². The van der Waals surface area contributed by atoms with Crippen LogP contribution in [0.25, 0.3) is 0 Å². The van der Waals surface area contributed by atoms with E-state index in [0.717, 1.165) is 0 Å². The Labute approximate surface area is 180 Å². The van der Waals surface area contributed by atoms with Crippen molar-refractivity contribution in [2.45, 2.75) is 16.8 Å². The van der Waals surface area contributed by atoms with Crippen LogP contribution in [0, 0.1) is 5.82 Å². The monoisotopic (exact) mass is 452 g/mol. The Kier molecular flexibility index (Phi) is 7.45. The van der Waals surface area contributed by atoms with Crippen molar-refractivity contribution < 1.29 is 17.6 Å². The van der Waals surface area contributed by atoms with Gasteiger partial charge in [0, 0.05) is 44.6 Å². The number of likely N-dealkylation sites (N-methyl/N-ethyl adjacent to an activating group) is 1. The molecule has 1 aliphatic rings. The molecule has 7 nitrogen and oxygen atoms in total. The van der Waals surface area contributed by atoms with Gasteiger partial charge >= 0.3 is 0 Å². The summed E-state index contributed by atoms with van der Waals surface area (Å²) in [6.45, 7) is 4.62. The van der Waals surface area contributed by atoms with Gasteiger partial charge in [-0.15, -0.1) is 0 Å². The highest BCUT2D eigenvalue weighted by Crippen LogP contribution is 2.22. The SMILES string of the molecule is CCN(C(=O)CSc1ccc(S(=O)(=O)N2CCN(C)CC2)cn1)c1ccc(F)cc1. The van der Waals surface area contributed by atoms with E-state index >= 15 is 0 Å². The third-order valence-corrected chi connectivity index (χ3v) is 7.72. The lowest BCUT2D eigenvalue weighted by molar-refractivity contribution is -0.116. The maximum Gasteiger partial charge on any atom is 0.244 e. The minimum absolute atomic E-state index is 0.134. The predicted molar refractivity (Wildman–Crippen MR) is 116 cm³/mol. The largest absolute Gasteiger partial charge is 0.312 e. The van der Waals surface area contributed by atoms with Crippen LogP contribution < -0.4 is 4.90 Å². The van der Waals surface area contributed by atoms with Gasteiger partial charge in [0.2, 0.25) is 15.9 Å². The molecule has 10 heteroatoms. The van der Waals surface area contributed by atoms with Crippen LogP contribution in [0.15, 0.2) is 52.5 Å². The van der Waals surface area contributed by atoms with Crippen molar-refractivity contribution in [1.29, 1.82) is 0 Å². The maximum atomic E-state index is 13.1. The summed E-state index contributed by atoms with van der Waals surface area (Å²) in [5.41, 5.74) is 0.631. The van der Waals surface area contributed by atoms with Gasteiger partial charge in [-0.05, 0) is 50.4 Å². The number of rotatable bonds is 7.